The van der Waals surface area contributed by atoms with Gasteiger partial charge in [0.1, 0.15) is 11.5 Å². The Labute approximate surface area is 196 Å². The Bertz CT molecular complexity index is 1250. The van der Waals surface area contributed by atoms with Crippen LogP contribution >= 0.6 is 23.5 Å². The maximum absolute atomic E-state index is 12.7. The number of carboxylic acid groups (broad SMARTS) is 1. The number of anilines is 1. The van der Waals surface area contributed by atoms with Crippen molar-refractivity contribution < 1.29 is 23.1 Å². The third-order valence-electron chi connectivity index (χ3n) is 4.97. The third kappa shape index (κ3) is 5.07. The topological polar surface area (TPSA) is 91.8 Å². The lowest BCUT2D eigenvalue weighted by atomic mass is 10.0. The zero-order valence-corrected chi connectivity index (χ0v) is 18.4. The van der Waals surface area contributed by atoms with Gasteiger partial charge in [0.15, 0.2) is 0 Å². The first-order chi connectivity index (χ1) is 15.6. The summed E-state index contributed by atoms with van der Waals surface area (Å²) in [6.45, 7) is 0.733. The zero-order chi connectivity index (χ0) is 23.8. The molecule has 0 atom stereocenters. The molecule has 0 fully saturated rings. The number of hydrogen-bond donors (Lipinski definition) is 2. The van der Waals surface area contributed by atoms with Gasteiger partial charge in [-0.25, -0.2) is 4.79 Å². The molecule has 1 aromatic heterocycles. The van der Waals surface area contributed by atoms with Gasteiger partial charge in [-0.1, -0.05) is 23.7 Å². The monoisotopic (exact) mass is 492 g/mol. The van der Waals surface area contributed by atoms with E-state index in [9.17, 15) is 18.0 Å². The molecule has 0 spiro atoms. The fourth-order valence-electron chi connectivity index (χ4n) is 3.43. The van der Waals surface area contributed by atoms with E-state index in [1.165, 1.54) is 24.2 Å². The SMILES string of the molecule is N/C(=N\C(=O)O)c1ccc(SN2CCc3cc(-c4ccc(C(F)(F)F)nc4)ccc32)cc1Cl. The minimum atomic E-state index is -4.47. The maximum Gasteiger partial charge on any atom is 0.433 e. The van der Waals surface area contributed by atoms with Gasteiger partial charge in [0.05, 0.1) is 10.7 Å². The van der Waals surface area contributed by atoms with E-state index in [0.717, 1.165) is 40.7 Å². The molecule has 11 heteroatoms. The van der Waals surface area contributed by atoms with Crippen LogP contribution < -0.4 is 10.0 Å². The van der Waals surface area contributed by atoms with Crippen LogP contribution in [0.2, 0.25) is 5.02 Å². The maximum atomic E-state index is 12.7. The largest absolute Gasteiger partial charge is 0.463 e. The smallest absolute Gasteiger partial charge is 0.433 e. The highest BCUT2D eigenvalue weighted by molar-refractivity contribution is 8.00. The molecule has 2 aromatic carbocycles. The molecule has 0 saturated carbocycles. The second-order valence-electron chi connectivity index (χ2n) is 7.14. The molecule has 0 unspecified atom stereocenters. The lowest BCUT2D eigenvalue weighted by Gasteiger charge is -2.18. The first-order valence-corrected chi connectivity index (χ1v) is 10.8. The van der Waals surface area contributed by atoms with Gasteiger partial charge in [-0.3, -0.25) is 4.98 Å². The number of nitrogens with two attached hydrogens (primary N) is 1. The fraction of sp³-hybridized carbons (Fsp3) is 0.136. The summed E-state index contributed by atoms with van der Waals surface area (Å²) < 4.78 is 40.3. The normalized spacial score (nSPS) is 13.8. The van der Waals surface area contributed by atoms with Crippen LogP contribution in [0.3, 0.4) is 0 Å². The summed E-state index contributed by atoms with van der Waals surface area (Å²) in [4.78, 5) is 18.3. The summed E-state index contributed by atoms with van der Waals surface area (Å²) in [5.74, 6) is -0.180. The van der Waals surface area contributed by atoms with Crippen molar-refractivity contribution in [1.82, 2.24) is 4.98 Å². The molecule has 6 nitrogen and oxygen atoms in total. The van der Waals surface area contributed by atoms with Gasteiger partial charge in [-0.15, -0.1) is 0 Å². The van der Waals surface area contributed by atoms with E-state index >= 15 is 0 Å². The number of alkyl halides is 3. The van der Waals surface area contributed by atoms with Gasteiger partial charge in [0.25, 0.3) is 0 Å². The molecule has 1 amide bonds. The Morgan fingerprint density at radius 3 is 2.55 bits per heavy atom. The van der Waals surface area contributed by atoms with Crippen molar-refractivity contribution in [2.45, 2.75) is 17.5 Å². The Hall–Kier alpha value is -3.24. The van der Waals surface area contributed by atoms with Crippen LogP contribution in [0.25, 0.3) is 11.1 Å². The zero-order valence-electron chi connectivity index (χ0n) is 16.8. The van der Waals surface area contributed by atoms with E-state index in [4.69, 9.17) is 22.4 Å². The van der Waals surface area contributed by atoms with E-state index in [0.29, 0.717) is 11.1 Å². The van der Waals surface area contributed by atoms with Crippen molar-refractivity contribution in [3.8, 4) is 11.1 Å². The lowest BCUT2D eigenvalue weighted by molar-refractivity contribution is -0.141. The molecule has 0 saturated heterocycles. The summed E-state index contributed by atoms with van der Waals surface area (Å²) in [6.07, 6.45) is -3.87. The third-order valence-corrected chi connectivity index (χ3v) is 6.34. The van der Waals surface area contributed by atoms with E-state index in [1.54, 1.807) is 18.2 Å². The number of hydrogen-bond acceptors (Lipinski definition) is 4. The molecule has 1 aliphatic heterocycles. The lowest BCUT2D eigenvalue weighted by Crippen LogP contribution is -2.16. The van der Waals surface area contributed by atoms with Crippen LogP contribution in [-0.4, -0.2) is 28.6 Å². The molecule has 4 rings (SSSR count). The van der Waals surface area contributed by atoms with E-state index in [1.807, 2.05) is 18.2 Å². The molecule has 0 bridgehead atoms. The highest BCUT2D eigenvalue weighted by Crippen LogP contribution is 2.39. The first kappa shape index (κ1) is 22.9. The average molecular weight is 493 g/mol. The van der Waals surface area contributed by atoms with Crippen molar-refractivity contribution >= 4 is 41.2 Å². The average Bonchev–Trinajstić information content (AvgIpc) is 3.14. The number of halogens is 4. The number of carbonyl (C=O) groups is 1. The molecular formula is C22H16ClF3N4O2S. The highest BCUT2D eigenvalue weighted by atomic mass is 35.5. The molecular weight excluding hydrogens is 477 g/mol. The molecule has 3 N–H and O–H groups in total. The van der Waals surface area contributed by atoms with Gasteiger partial charge in [-0.2, -0.15) is 18.2 Å². The summed E-state index contributed by atoms with van der Waals surface area (Å²) in [6, 6.07) is 13.2. The number of nitrogens with zero attached hydrogens (tertiary/aromatic N) is 3. The van der Waals surface area contributed by atoms with Crippen molar-refractivity contribution in [2.24, 2.45) is 10.7 Å². The molecule has 170 valence electrons. The van der Waals surface area contributed by atoms with Crippen LogP contribution in [0.15, 0.2) is 64.6 Å². The Morgan fingerprint density at radius 1 is 1.15 bits per heavy atom. The summed E-state index contributed by atoms with van der Waals surface area (Å²) in [5.41, 5.74) is 8.56. The van der Waals surface area contributed by atoms with Gasteiger partial charge in [-0.05, 0) is 65.9 Å². The molecule has 2 heterocycles. The second kappa shape index (κ2) is 8.95. The number of rotatable bonds is 4. The predicted octanol–water partition coefficient (Wildman–Crippen LogP) is 5.87. The molecule has 3 aromatic rings. The molecule has 1 aliphatic rings. The number of aliphatic imine (C=N–C) groups is 1. The van der Waals surface area contributed by atoms with Crippen LogP contribution in [0.4, 0.5) is 23.7 Å². The minimum Gasteiger partial charge on any atom is -0.463 e. The van der Waals surface area contributed by atoms with Crippen molar-refractivity contribution in [3.63, 3.8) is 0 Å². The summed E-state index contributed by atoms with van der Waals surface area (Å²) in [5, 5.41) is 9.02. The quantitative estimate of drug-likeness (QED) is 0.269. The van der Waals surface area contributed by atoms with Crippen LogP contribution in [0.5, 0.6) is 0 Å². The minimum absolute atomic E-state index is 0.180. The van der Waals surface area contributed by atoms with Gasteiger partial charge >= 0.3 is 12.3 Å². The Kier molecular flexibility index (Phi) is 6.22. The molecule has 0 radical (unpaired) electrons. The first-order valence-electron chi connectivity index (χ1n) is 9.61. The number of benzene rings is 2. The summed E-state index contributed by atoms with van der Waals surface area (Å²) in [7, 11) is 0. The molecule has 0 aliphatic carbocycles. The van der Waals surface area contributed by atoms with Crippen molar-refractivity contribution in [3.05, 3.63) is 76.6 Å². The summed E-state index contributed by atoms with van der Waals surface area (Å²) >= 11 is 7.72. The fourth-order valence-corrected chi connectivity index (χ4v) is 4.78. The van der Waals surface area contributed by atoms with E-state index in [2.05, 4.69) is 14.3 Å². The number of aromatic nitrogens is 1. The van der Waals surface area contributed by atoms with Gasteiger partial charge in [0.2, 0.25) is 0 Å². The van der Waals surface area contributed by atoms with Crippen molar-refractivity contribution in [2.75, 3.05) is 10.8 Å². The standard InChI is InChI=1S/C22H16ClF3N4O2S/c23-17-10-15(3-4-16(17)20(27)29-21(31)32)33-30-8-7-13-9-12(1-5-18(13)30)14-2-6-19(28-11-14)22(24,25)26/h1-6,9-11H,7-8H2,(H2,27,29)(H,31,32). The second-order valence-corrected chi connectivity index (χ2v) is 8.64. The van der Waals surface area contributed by atoms with E-state index in [-0.39, 0.29) is 10.9 Å². The Morgan fingerprint density at radius 2 is 1.91 bits per heavy atom. The van der Waals surface area contributed by atoms with Crippen LogP contribution in [0, 0.1) is 0 Å². The molecule has 33 heavy (non-hydrogen) atoms. The van der Waals surface area contributed by atoms with Gasteiger partial charge < -0.3 is 15.1 Å². The van der Waals surface area contributed by atoms with Crippen LogP contribution in [0.1, 0.15) is 16.8 Å². The van der Waals surface area contributed by atoms with Gasteiger partial charge in [0, 0.05) is 28.8 Å². The predicted molar refractivity (Wildman–Crippen MR) is 122 cm³/mol. The number of pyridine rings is 1. The number of amides is 1. The highest BCUT2D eigenvalue weighted by Gasteiger charge is 2.32. The van der Waals surface area contributed by atoms with E-state index < -0.39 is 18.0 Å². The Balaban J connectivity index is 1.52. The number of amidine groups is 1. The van der Waals surface area contributed by atoms with Crippen molar-refractivity contribution in [1.29, 1.82) is 0 Å². The number of fused-ring (bicyclic) bond motifs is 1. The van der Waals surface area contributed by atoms with Crippen LogP contribution in [-0.2, 0) is 12.6 Å².